The van der Waals surface area contributed by atoms with Crippen LogP contribution in [0.1, 0.15) is 71.8 Å². The molecule has 0 atom stereocenters. The lowest BCUT2D eigenvalue weighted by Gasteiger charge is -2.57. The number of rotatable bonds is 4. The summed E-state index contributed by atoms with van der Waals surface area (Å²) in [7, 11) is 1.46. The van der Waals surface area contributed by atoms with E-state index in [2.05, 4.69) is 82.3 Å². The average Bonchev–Trinajstić information content (AvgIpc) is 3.08. The maximum atomic E-state index is 6.27. The summed E-state index contributed by atoms with van der Waals surface area (Å²) in [5, 5.41) is 2.19. The van der Waals surface area contributed by atoms with Crippen molar-refractivity contribution in [3.05, 3.63) is 60.2 Å². The number of benzene rings is 2. The summed E-state index contributed by atoms with van der Waals surface area (Å²) in [6.45, 7) is 8.36. The summed E-state index contributed by atoms with van der Waals surface area (Å²) >= 11 is 0. The highest BCUT2D eigenvalue weighted by Gasteiger charge is 2.53. The molecule has 4 saturated carbocycles. The van der Waals surface area contributed by atoms with Crippen molar-refractivity contribution in [3.8, 4) is 16.9 Å². The van der Waals surface area contributed by atoms with Crippen LogP contribution in [0.2, 0.25) is 0 Å². The molecule has 0 N–H and O–H groups in total. The molecule has 8 rings (SSSR count). The van der Waals surface area contributed by atoms with Gasteiger partial charge >= 0.3 is 7.12 Å². The van der Waals surface area contributed by atoms with Gasteiger partial charge in [0, 0.05) is 16.5 Å². The fourth-order valence-corrected chi connectivity index (χ4v) is 8.15. The number of hydrogen-bond donors (Lipinski definition) is 0. The summed E-state index contributed by atoms with van der Waals surface area (Å²) in [5.41, 5.74) is 4.33. The number of ether oxygens (including phenoxy) is 1. The third-order valence-electron chi connectivity index (χ3n) is 10.4. The highest BCUT2D eigenvalue weighted by atomic mass is 16.7. The van der Waals surface area contributed by atoms with Crippen LogP contribution in [-0.2, 0) is 14.7 Å². The zero-order valence-corrected chi connectivity index (χ0v) is 22.8. The fraction of sp³-hybridized carbons (Fsp3) is 0.515. The fourth-order valence-electron chi connectivity index (χ4n) is 8.15. The Morgan fingerprint density at radius 3 is 2.08 bits per heavy atom. The molecule has 1 saturated heterocycles. The van der Waals surface area contributed by atoms with Gasteiger partial charge in [-0.3, -0.25) is 0 Å². The predicted molar refractivity (Wildman–Crippen MR) is 149 cm³/mol. The maximum absolute atomic E-state index is 6.27. The molecular weight excluding hydrogens is 455 g/mol. The first-order valence-electron chi connectivity index (χ1n) is 14.1. The molecule has 0 spiro atoms. The summed E-state index contributed by atoms with van der Waals surface area (Å²) in [6, 6.07) is 22.3. The van der Waals surface area contributed by atoms with Gasteiger partial charge in [0.2, 0.25) is 0 Å². The van der Waals surface area contributed by atoms with Crippen molar-refractivity contribution in [2.45, 2.75) is 82.8 Å². The molecule has 3 aromatic carbocycles. The van der Waals surface area contributed by atoms with E-state index >= 15 is 0 Å². The van der Waals surface area contributed by atoms with E-state index in [0.717, 1.165) is 45.3 Å². The topological polar surface area (TPSA) is 27.7 Å². The van der Waals surface area contributed by atoms with E-state index in [1.807, 2.05) is 7.11 Å². The molecule has 37 heavy (non-hydrogen) atoms. The van der Waals surface area contributed by atoms with E-state index in [-0.39, 0.29) is 23.7 Å². The predicted octanol–water partition coefficient (Wildman–Crippen LogP) is 6.88. The van der Waals surface area contributed by atoms with E-state index in [0.29, 0.717) is 0 Å². The Labute approximate surface area is 222 Å². The Morgan fingerprint density at radius 1 is 0.811 bits per heavy atom. The van der Waals surface area contributed by atoms with Crippen LogP contribution >= 0.6 is 0 Å². The highest BCUT2D eigenvalue weighted by Crippen LogP contribution is 2.62. The lowest BCUT2D eigenvalue weighted by Crippen LogP contribution is -2.48. The third-order valence-corrected chi connectivity index (χ3v) is 10.4. The average molecular weight is 492 g/mol. The van der Waals surface area contributed by atoms with Crippen LogP contribution in [0, 0.1) is 29.9 Å². The molecule has 1 heterocycles. The number of methoxy groups -OCH3 is 1. The molecule has 3 nitrogen and oxygen atoms in total. The third kappa shape index (κ3) is 3.73. The minimum atomic E-state index is -0.369. The first-order chi connectivity index (χ1) is 17.6. The van der Waals surface area contributed by atoms with Crippen molar-refractivity contribution in [3.63, 3.8) is 0 Å². The number of hydrogen-bond acceptors (Lipinski definition) is 3. The van der Waals surface area contributed by atoms with Crippen molar-refractivity contribution in [2.75, 3.05) is 7.11 Å². The van der Waals surface area contributed by atoms with Gasteiger partial charge in [0.25, 0.3) is 0 Å². The Balaban J connectivity index is 1.22. The van der Waals surface area contributed by atoms with Crippen LogP contribution < -0.4 is 10.2 Å². The second-order valence-corrected chi connectivity index (χ2v) is 13.4. The molecule has 4 aliphatic carbocycles. The van der Waals surface area contributed by atoms with Crippen LogP contribution in [0.15, 0.2) is 42.5 Å². The summed E-state index contributed by atoms with van der Waals surface area (Å²) in [5.74, 6) is 3.76. The lowest BCUT2D eigenvalue weighted by molar-refractivity contribution is -0.00613. The molecule has 4 heteroatoms. The zero-order valence-electron chi connectivity index (χ0n) is 22.8. The monoisotopic (exact) mass is 492 g/mol. The molecule has 190 valence electrons. The quantitative estimate of drug-likeness (QED) is 0.372. The van der Waals surface area contributed by atoms with E-state index in [1.54, 1.807) is 0 Å². The first kappa shape index (κ1) is 23.6. The molecular formula is C33H37BO3. The van der Waals surface area contributed by atoms with Crippen LogP contribution in [0.5, 0.6) is 5.75 Å². The van der Waals surface area contributed by atoms with Gasteiger partial charge in [-0.05, 0) is 130 Å². The Morgan fingerprint density at radius 2 is 1.46 bits per heavy atom. The smallest absolute Gasteiger partial charge is 0.494 e. The van der Waals surface area contributed by atoms with E-state index in [4.69, 9.17) is 14.0 Å². The van der Waals surface area contributed by atoms with Crippen molar-refractivity contribution < 1.29 is 14.0 Å². The molecule has 3 aromatic rings. The summed E-state index contributed by atoms with van der Waals surface area (Å²) in [6.07, 6.45) is 8.32. The molecule has 0 aromatic heterocycles. The molecule has 5 aliphatic rings. The normalized spacial score (nSPS) is 31.1. The molecule has 5 fully saturated rings. The molecule has 0 radical (unpaired) electrons. The molecule has 0 amide bonds. The van der Waals surface area contributed by atoms with Crippen LogP contribution in [0.4, 0.5) is 0 Å². The van der Waals surface area contributed by atoms with Crippen LogP contribution in [0.25, 0.3) is 21.9 Å². The molecule has 4 bridgehead atoms. The zero-order chi connectivity index (χ0) is 25.6. The van der Waals surface area contributed by atoms with Gasteiger partial charge in [-0.25, -0.2) is 0 Å². The Hall–Kier alpha value is -2.48. The minimum Gasteiger partial charge on any atom is -0.496 e. The SMILES string of the molecule is COc1ccc(-c2c#cc3cc(B4OC(C)(C)C(C)(C)O4)ccc3c2)cc1C12CC3CC(CC(C3)C1)C2. The van der Waals surface area contributed by atoms with Crippen LogP contribution in [0.3, 0.4) is 0 Å². The first-order valence-corrected chi connectivity index (χ1v) is 14.1. The van der Waals surface area contributed by atoms with E-state index < -0.39 is 0 Å². The van der Waals surface area contributed by atoms with Crippen molar-refractivity contribution >= 4 is 23.4 Å². The van der Waals surface area contributed by atoms with Gasteiger partial charge in [-0.1, -0.05) is 30.3 Å². The minimum absolute atomic E-state index is 0.286. The van der Waals surface area contributed by atoms with Gasteiger partial charge in [-0.15, -0.1) is 0 Å². The molecule has 0 unspecified atom stereocenters. The number of fused-ring (bicyclic) bond motifs is 1. The van der Waals surface area contributed by atoms with Crippen molar-refractivity contribution in [1.82, 2.24) is 0 Å². The van der Waals surface area contributed by atoms with Crippen LogP contribution in [-0.4, -0.2) is 25.4 Å². The summed E-state index contributed by atoms with van der Waals surface area (Å²) in [4.78, 5) is 0. The highest BCUT2D eigenvalue weighted by molar-refractivity contribution is 6.62. The van der Waals surface area contributed by atoms with Gasteiger partial charge < -0.3 is 14.0 Å². The van der Waals surface area contributed by atoms with Gasteiger partial charge in [0.15, 0.2) is 0 Å². The Kier molecular flexibility index (Phi) is 5.12. The van der Waals surface area contributed by atoms with Crippen molar-refractivity contribution in [1.29, 1.82) is 0 Å². The van der Waals surface area contributed by atoms with E-state index in [1.165, 1.54) is 49.7 Å². The van der Waals surface area contributed by atoms with Gasteiger partial charge in [0.1, 0.15) is 5.75 Å². The molecule has 1 aliphatic heterocycles. The second-order valence-electron chi connectivity index (χ2n) is 13.4. The Bertz CT molecular complexity index is 1320. The lowest BCUT2D eigenvalue weighted by atomic mass is 9.48. The standard InChI is InChI=1S/C33H37BO3/c1-31(2)32(3,4)37-34(36-31)28-10-8-25-15-24(6-7-26(25)16-28)27-9-11-30(35-5)29(17-27)33-18-21-12-22(19-33)14-23(13-21)20-33/h8-11,15-17,21-23H,12-14,18-20H2,1-5H3. The van der Waals surface area contributed by atoms with Crippen molar-refractivity contribution in [2.24, 2.45) is 17.8 Å². The second kappa shape index (κ2) is 8.01. The maximum Gasteiger partial charge on any atom is 0.494 e. The van der Waals surface area contributed by atoms with Gasteiger partial charge in [-0.2, -0.15) is 0 Å². The van der Waals surface area contributed by atoms with Gasteiger partial charge in [0.05, 0.1) is 18.3 Å². The van der Waals surface area contributed by atoms with E-state index in [9.17, 15) is 0 Å². The summed E-state index contributed by atoms with van der Waals surface area (Å²) < 4.78 is 18.5. The largest absolute Gasteiger partial charge is 0.496 e.